The zero-order valence-electron chi connectivity index (χ0n) is 19.3. The molecule has 2 heterocycles. The number of benzene rings is 3. The predicted molar refractivity (Wildman–Crippen MR) is 131 cm³/mol. The summed E-state index contributed by atoms with van der Waals surface area (Å²) < 4.78 is 45.1. The normalized spacial score (nSPS) is 15.6. The number of amides is 1. The molecule has 1 aromatic heterocycles. The molecule has 0 spiro atoms. The molecule has 0 bridgehead atoms. The second-order valence-corrected chi connectivity index (χ2v) is 9.20. The van der Waals surface area contributed by atoms with Gasteiger partial charge < -0.3 is 9.32 Å². The Morgan fingerprint density at radius 3 is 2.58 bits per heavy atom. The number of rotatable bonds is 4. The van der Waals surface area contributed by atoms with Crippen molar-refractivity contribution in [1.82, 2.24) is 9.88 Å². The summed E-state index contributed by atoms with van der Waals surface area (Å²) >= 11 is 6.10. The standard InChI is InChI=1S/C28H22ClF3N2O2/c1-17-24(33-27(36-17)20-6-4-7-21(15-20)28(30,31)32)16-25(35)34-14-13-18-5-2-3-8-23(18)26(34)19-9-11-22(29)12-10-19/h2-12,15,26H,13-14,16H2,1H3/t26-/m1/s1. The highest BCUT2D eigenvalue weighted by atomic mass is 35.5. The number of nitrogens with zero attached hydrogens (tertiary/aromatic N) is 2. The van der Waals surface area contributed by atoms with E-state index in [9.17, 15) is 18.0 Å². The van der Waals surface area contributed by atoms with Gasteiger partial charge in [0.05, 0.1) is 23.7 Å². The van der Waals surface area contributed by atoms with Crippen LogP contribution in [0, 0.1) is 6.92 Å². The number of hydrogen-bond donors (Lipinski definition) is 0. The number of hydrogen-bond acceptors (Lipinski definition) is 3. The summed E-state index contributed by atoms with van der Waals surface area (Å²) in [4.78, 5) is 19.8. The van der Waals surface area contributed by atoms with Crippen LogP contribution >= 0.6 is 11.6 Å². The molecule has 0 saturated carbocycles. The average Bonchev–Trinajstić information content (AvgIpc) is 3.23. The number of fused-ring (bicyclic) bond motifs is 1. The molecule has 36 heavy (non-hydrogen) atoms. The molecular weight excluding hydrogens is 489 g/mol. The lowest BCUT2D eigenvalue weighted by Crippen LogP contribution is -2.41. The molecule has 4 aromatic rings. The van der Waals surface area contributed by atoms with Gasteiger partial charge in [-0.2, -0.15) is 13.2 Å². The topological polar surface area (TPSA) is 46.3 Å². The first kappa shape index (κ1) is 24.1. The van der Waals surface area contributed by atoms with E-state index >= 15 is 0 Å². The van der Waals surface area contributed by atoms with Crippen LogP contribution in [0.5, 0.6) is 0 Å². The SMILES string of the molecule is Cc1oc(-c2cccc(C(F)(F)F)c2)nc1CC(=O)N1CCc2ccccc2[C@H]1c1ccc(Cl)cc1. The predicted octanol–water partition coefficient (Wildman–Crippen LogP) is 7.04. The number of alkyl halides is 3. The monoisotopic (exact) mass is 510 g/mol. The van der Waals surface area contributed by atoms with Gasteiger partial charge in [-0.15, -0.1) is 0 Å². The van der Waals surface area contributed by atoms with Crippen molar-refractivity contribution < 1.29 is 22.4 Å². The molecule has 5 rings (SSSR count). The fourth-order valence-electron chi connectivity index (χ4n) is 4.63. The molecule has 0 unspecified atom stereocenters. The summed E-state index contributed by atoms with van der Waals surface area (Å²) in [7, 11) is 0. The highest BCUT2D eigenvalue weighted by Crippen LogP contribution is 2.37. The summed E-state index contributed by atoms with van der Waals surface area (Å²) in [6.07, 6.45) is -3.78. The van der Waals surface area contributed by atoms with Gasteiger partial charge in [0.2, 0.25) is 11.8 Å². The van der Waals surface area contributed by atoms with Gasteiger partial charge in [0, 0.05) is 17.1 Å². The van der Waals surface area contributed by atoms with Crippen molar-refractivity contribution in [3.63, 3.8) is 0 Å². The van der Waals surface area contributed by atoms with Gasteiger partial charge in [0.25, 0.3) is 0 Å². The van der Waals surface area contributed by atoms with Crippen molar-refractivity contribution in [3.05, 3.63) is 112 Å². The summed E-state index contributed by atoms with van der Waals surface area (Å²) in [5.74, 6) is 0.312. The minimum Gasteiger partial charge on any atom is -0.441 e. The zero-order chi connectivity index (χ0) is 25.4. The number of carbonyl (C=O) groups is 1. The third-order valence-corrected chi connectivity index (χ3v) is 6.69. The Hall–Kier alpha value is -3.58. The molecule has 8 heteroatoms. The van der Waals surface area contributed by atoms with Crippen LogP contribution in [0.2, 0.25) is 5.02 Å². The number of aryl methyl sites for hydroxylation is 1. The first-order chi connectivity index (χ1) is 17.2. The largest absolute Gasteiger partial charge is 0.441 e. The van der Waals surface area contributed by atoms with Crippen LogP contribution in [0.1, 0.15) is 39.7 Å². The Labute approximate surface area is 211 Å². The summed E-state index contributed by atoms with van der Waals surface area (Å²) in [5.41, 5.74) is 3.01. The second kappa shape index (κ2) is 9.47. The number of carbonyl (C=O) groups excluding carboxylic acids is 1. The molecule has 0 radical (unpaired) electrons. The van der Waals surface area contributed by atoms with E-state index in [0.29, 0.717) is 23.0 Å². The van der Waals surface area contributed by atoms with Gasteiger partial charge in [-0.05, 0) is 60.4 Å². The third-order valence-electron chi connectivity index (χ3n) is 6.44. The molecule has 1 aliphatic heterocycles. The van der Waals surface area contributed by atoms with E-state index in [1.54, 1.807) is 19.1 Å². The lowest BCUT2D eigenvalue weighted by atomic mass is 9.88. The minimum atomic E-state index is -4.47. The van der Waals surface area contributed by atoms with Crippen LogP contribution < -0.4 is 0 Å². The molecule has 0 fully saturated rings. The van der Waals surface area contributed by atoms with Crippen LogP contribution in [0.15, 0.2) is 77.2 Å². The summed E-state index contributed by atoms with van der Waals surface area (Å²) in [6.45, 7) is 2.19. The van der Waals surface area contributed by atoms with Gasteiger partial charge in [-0.25, -0.2) is 4.98 Å². The maximum atomic E-state index is 13.6. The zero-order valence-corrected chi connectivity index (χ0v) is 20.1. The Bertz CT molecular complexity index is 1410. The minimum absolute atomic E-state index is 0.0272. The Balaban J connectivity index is 1.44. The second-order valence-electron chi connectivity index (χ2n) is 8.77. The van der Waals surface area contributed by atoms with E-state index in [2.05, 4.69) is 11.1 Å². The van der Waals surface area contributed by atoms with E-state index in [-0.39, 0.29) is 29.8 Å². The third kappa shape index (κ3) is 4.75. The van der Waals surface area contributed by atoms with Crippen molar-refractivity contribution in [1.29, 1.82) is 0 Å². The van der Waals surface area contributed by atoms with E-state index in [1.807, 2.05) is 35.2 Å². The fraction of sp³-hybridized carbons (Fsp3) is 0.214. The first-order valence-corrected chi connectivity index (χ1v) is 11.8. The van der Waals surface area contributed by atoms with Crippen molar-refractivity contribution in [2.75, 3.05) is 6.54 Å². The molecule has 0 N–H and O–H groups in total. The van der Waals surface area contributed by atoms with Crippen LogP contribution in [0.3, 0.4) is 0 Å². The molecule has 3 aromatic carbocycles. The van der Waals surface area contributed by atoms with E-state index in [1.165, 1.54) is 17.7 Å². The average molecular weight is 511 g/mol. The van der Waals surface area contributed by atoms with E-state index in [4.69, 9.17) is 16.0 Å². The Kier molecular flexibility index (Phi) is 6.35. The highest BCUT2D eigenvalue weighted by Gasteiger charge is 2.33. The van der Waals surface area contributed by atoms with Crippen LogP contribution in [0.4, 0.5) is 13.2 Å². The van der Waals surface area contributed by atoms with Gasteiger partial charge in [0.1, 0.15) is 5.76 Å². The fourth-order valence-corrected chi connectivity index (χ4v) is 4.75. The Morgan fingerprint density at radius 1 is 1.08 bits per heavy atom. The quantitative estimate of drug-likeness (QED) is 0.296. The maximum absolute atomic E-state index is 13.6. The highest BCUT2D eigenvalue weighted by molar-refractivity contribution is 6.30. The maximum Gasteiger partial charge on any atom is 0.416 e. The van der Waals surface area contributed by atoms with E-state index in [0.717, 1.165) is 29.7 Å². The van der Waals surface area contributed by atoms with Crippen molar-refractivity contribution in [2.24, 2.45) is 0 Å². The molecule has 0 saturated heterocycles. The lowest BCUT2D eigenvalue weighted by Gasteiger charge is -2.38. The van der Waals surface area contributed by atoms with Gasteiger partial charge in [0.15, 0.2) is 0 Å². The number of oxazole rings is 1. The first-order valence-electron chi connectivity index (χ1n) is 11.5. The Morgan fingerprint density at radius 2 is 1.83 bits per heavy atom. The molecule has 184 valence electrons. The number of aromatic nitrogens is 1. The summed E-state index contributed by atoms with van der Waals surface area (Å²) in [5, 5.41) is 0.612. The number of halogens is 4. The van der Waals surface area contributed by atoms with Gasteiger partial charge in [-0.1, -0.05) is 54.1 Å². The molecular formula is C28H22ClF3N2O2. The van der Waals surface area contributed by atoms with Crippen LogP contribution in [-0.2, 0) is 23.8 Å². The van der Waals surface area contributed by atoms with Crippen molar-refractivity contribution in [2.45, 2.75) is 32.0 Å². The molecule has 1 atom stereocenters. The van der Waals surface area contributed by atoms with Crippen molar-refractivity contribution in [3.8, 4) is 11.5 Å². The van der Waals surface area contributed by atoms with Crippen molar-refractivity contribution >= 4 is 17.5 Å². The lowest BCUT2D eigenvalue weighted by molar-refractivity contribution is -0.137. The van der Waals surface area contributed by atoms with Crippen LogP contribution in [0.25, 0.3) is 11.5 Å². The van der Waals surface area contributed by atoms with Gasteiger partial charge >= 0.3 is 6.18 Å². The molecule has 0 aliphatic carbocycles. The molecule has 1 aliphatic rings. The van der Waals surface area contributed by atoms with Crippen LogP contribution in [-0.4, -0.2) is 22.3 Å². The summed E-state index contributed by atoms with van der Waals surface area (Å²) in [6, 6.07) is 20.0. The smallest absolute Gasteiger partial charge is 0.416 e. The molecule has 4 nitrogen and oxygen atoms in total. The molecule has 1 amide bonds. The van der Waals surface area contributed by atoms with E-state index < -0.39 is 11.7 Å². The van der Waals surface area contributed by atoms with Gasteiger partial charge in [-0.3, -0.25) is 4.79 Å².